The van der Waals surface area contributed by atoms with E-state index in [2.05, 4.69) is 6.58 Å². The normalized spacial score (nSPS) is 21.5. The lowest BCUT2D eigenvalue weighted by Gasteiger charge is -2.24. The Morgan fingerprint density at radius 2 is 2.08 bits per heavy atom. The van der Waals surface area contributed by atoms with E-state index < -0.39 is 6.04 Å². The monoisotopic (exact) mass is 182 g/mol. The fraction of sp³-hybridized carbons (Fsp3) is 0.700. The zero-order valence-corrected chi connectivity index (χ0v) is 7.96. The van der Waals surface area contributed by atoms with Gasteiger partial charge >= 0.3 is 0 Å². The summed E-state index contributed by atoms with van der Waals surface area (Å²) in [5.41, 5.74) is 12.0. The third-order valence-electron chi connectivity index (χ3n) is 2.76. The molecule has 1 aliphatic carbocycles. The molecule has 0 aromatic carbocycles. The van der Waals surface area contributed by atoms with Crippen LogP contribution in [0.4, 0.5) is 0 Å². The van der Waals surface area contributed by atoms with Crippen LogP contribution in [0.3, 0.4) is 0 Å². The van der Waals surface area contributed by atoms with Crippen LogP contribution in [-0.2, 0) is 4.79 Å². The number of carbonyl (C=O) groups excluding carboxylic acids is 1. The number of allylic oxidation sites excluding steroid dienone is 1. The van der Waals surface area contributed by atoms with Gasteiger partial charge in [0.15, 0.2) is 0 Å². The van der Waals surface area contributed by atoms with Crippen molar-refractivity contribution in [2.24, 2.45) is 17.4 Å². The summed E-state index contributed by atoms with van der Waals surface area (Å²) in [5, 5.41) is 0. The Kier molecular flexibility index (Phi) is 3.48. The van der Waals surface area contributed by atoms with Gasteiger partial charge in [-0.1, -0.05) is 12.2 Å². The van der Waals surface area contributed by atoms with E-state index >= 15 is 0 Å². The van der Waals surface area contributed by atoms with Crippen LogP contribution in [0.15, 0.2) is 12.2 Å². The molecule has 13 heavy (non-hydrogen) atoms. The van der Waals surface area contributed by atoms with Crippen molar-refractivity contribution in [3.05, 3.63) is 12.2 Å². The third kappa shape index (κ3) is 3.19. The minimum Gasteiger partial charge on any atom is -0.368 e. The van der Waals surface area contributed by atoms with Crippen molar-refractivity contribution in [1.82, 2.24) is 0 Å². The lowest BCUT2D eigenvalue weighted by atomic mass is 9.83. The van der Waals surface area contributed by atoms with E-state index in [1.54, 1.807) is 0 Å². The fourth-order valence-electron chi connectivity index (χ4n) is 1.80. The summed E-state index contributed by atoms with van der Waals surface area (Å²) < 4.78 is 0. The van der Waals surface area contributed by atoms with Crippen molar-refractivity contribution < 1.29 is 4.79 Å². The van der Waals surface area contributed by atoms with Crippen molar-refractivity contribution >= 4 is 5.91 Å². The maximum absolute atomic E-state index is 10.7. The SMILES string of the molecule is C=C1CCC(CC(N)C(N)=O)CC1. The lowest BCUT2D eigenvalue weighted by molar-refractivity contribution is -0.119. The first-order chi connectivity index (χ1) is 6.09. The van der Waals surface area contributed by atoms with Crippen LogP contribution < -0.4 is 11.5 Å². The van der Waals surface area contributed by atoms with Gasteiger partial charge in [-0.15, -0.1) is 0 Å². The highest BCUT2D eigenvalue weighted by atomic mass is 16.1. The summed E-state index contributed by atoms with van der Waals surface area (Å²) >= 11 is 0. The van der Waals surface area contributed by atoms with Gasteiger partial charge < -0.3 is 11.5 Å². The van der Waals surface area contributed by atoms with Crippen LogP contribution in [0.5, 0.6) is 0 Å². The standard InChI is InChI=1S/C10H18N2O/c1-7-2-4-8(5-3-7)6-9(11)10(12)13/h8-9H,1-6,11H2,(H2,12,13). The summed E-state index contributed by atoms with van der Waals surface area (Å²) in [6, 6.07) is -0.462. The Hall–Kier alpha value is -0.830. The molecule has 0 saturated heterocycles. The largest absolute Gasteiger partial charge is 0.368 e. The quantitative estimate of drug-likeness (QED) is 0.638. The molecule has 1 atom stereocenters. The van der Waals surface area contributed by atoms with E-state index in [9.17, 15) is 4.79 Å². The predicted molar refractivity (Wildman–Crippen MR) is 52.9 cm³/mol. The maximum Gasteiger partial charge on any atom is 0.234 e. The molecule has 0 bridgehead atoms. The molecule has 3 heteroatoms. The van der Waals surface area contributed by atoms with Gasteiger partial charge in [-0.25, -0.2) is 0 Å². The molecule has 1 saturated carbocycles. The molecule has 0 spiro atoms. The van der Waals surface area contributed by atoms with Gasteiger partial charge in [0, 0.05) is 0 Å². The lowest BCUT2D eigenvalue weighted by Crippen LogP contribution is -2.38. The second-order valence-electron chi connectivity index (χ2n) is 3.94. The van der Waals surface area contributed by atoms with Crippen LogP contribution in [0.2, 0.25) is 0 Å². The Bertz CT molecular complexity index is 203. The summed E-state index contributed by atoms with van der Waals surface area (Å²) in [7, 11) is 0. The van der Waals surface area contributed by atoms with Crippen molar-refractivity contribution in [2.75, 3.05) is 0 Å². The van der Waals surface area contributed by atoms with Gasteiger partial charge in [-0.3, -0.25) is 4.79 Å². The zero-order valence-electron chi connectivity index (χ0n) is 7.96. The Balaban J connectivity index is 2.30. The Labute approximate surface area is 79.2 Å². The first-order valence-corrected chi connectivity index (χ1v) is 4.81. The van der Waals surface area contributed by atoms with Gasteiger partial charge in [0.2, 0.25) is 5.91 Å². The molecule has 74 valence electrons. The maximum atomic E-state index is 10.7. The van der Waals surface area contributed by atoms with Crippen molar-refractivity contribution in [3.8, 4) is 0 Å². The fourth-order valence-corrected chi connectivity index (χ4v) is 1.80. The zero-order chi connectivity index (χ0) is 9.84. The highest BCUT2D eigenvalue weighted by Gasteiger charge is 2.20. The topological polar surface area (TPSA) is 69.1 Å². The van der Waals surface area contributed by atoms with Gasteiger partial charge in [-0.05, 0) is 38.0 Å². The number of carbonyl (C=O) groups is 1. The Morgan fingerprint density at radius 3 is 2.54 bits per heavy atom. The molecule has 0 aromatic heterocycles. The molecule has 1 aliphatic rings. The van der Waals surface area contributed by atoms with E-state index in [0.717, 1.165) is 32.1 Å². The molecule has 4 N–H and O–H groups in total. The first-order valence-electron chi connectivity index (χ1n) is 4.81. The van der Waals surface area contributed by atoms with Crippen molar-refractivity contribution in [3.63, 3.8) is 0 Å². The molecule has 0 radical (unpaired) electrons. The minimum atomic E-state index is -0.462. The van der Waals surface area contributed by atoms with Gasteiger partial charge in [0.1, 0.15) is 0 Å². The van der Waals surface area contributed by atoms with E-state index in [1.165, 1.54) is 5.57 Å². The average molecular weight is 182 g/mol. The smallest absolute Gasteiger partial charge is 0.234 e. The molecular weight excluding hydrogens is 164 g/mol. The van der Waals surface area contributed by atoms with Crippen LogP contribution in [0, 0.1) is 5.92 Å². The summed E-state index contributed by atoms with van der Waals surface area (Å²) in [5.74, 6) is 0.178. The van der Waals surface area contributed by atoms with E-state index in [-0.39, 0.29) is 5.91 Å². The van der Waals surface area contributed by atoms with Gasteiger partial charge in [0.25, 0.3) is 0 Å². The number of hydrogen-bond acceptors (Lipinski definition) is 2. The first kappa shape index (κ1) is 10.3. The summed E-state index contributed by atoms with van der Waals surface area (Å²) in [4.78, 5) is 10.7. The predicted octanol–water partition coefficient (Wildman–Crippen LogP) is 0.935. The molecule has 3 nitrogen and oxygen atoms in total. The van der Waals surface area contributed by atoms with Crippen molar-refractivity contribution in [1.29, 1.82) is 0 Å². The van der Waals surface area contributed by atoms with Crippen LogP contribution in [0.1, 0.15) is 32.1 Å². The molecule has 0 heterocycles. The molecular formula is C10H18N2O. The minimum absolute atomic E-state index is 0.385. The summed E-state index contributed by atoms with van der Waals surface area (Å²) in [6.45, 7) is 3.94. The van der Waals surface area contributed by atoms with Crippen molar-refractivity contribution in [2.45, 2.75) is 38.1 Å². The van der Waals surface area contributed by atoms with Crippen LogP contribution >= 0.6 is 0 Å². The molecule has 1 amide bonds. The summed E-state index contributed by atoms with van der Waals surface area (Å²) in [6.07, 6.45) is 5.12. The Morgan fingerprint density at radius 1 is 1.54 bits per heavy atom. The van der Waals surface area contributed by atoms with E-state index in [1.807, 2.05) is 0 Å². The highest BCUT2D eigenvalue weighted by molar-refractivity contribution is 5.79. The molecule has 0 aromatic rings. The average Bonchev–Trinajstić information content (AvgIpc) is 2.08. The van der Waals surface area contributed by atoms with Gasteiger partial charge in [0.05, 0.1) is 6.04 Å². The van der Waals surface area contributed by atoms with Crippen LogP contribution in [-0.4, -0.2) is 11.9 Å². The second-order valence-corrected chi connectivity index (χ2v) is 3.94. The highest BCUT2D eigenvalue weighted by Crippen LogP contribution is 2.29. The number of amides is 1. The van der Waals surface area contributed by atoms with E-state index in [4.69, 9.17) is 11.5 Å². The number of primary amides is 1. The van der Waals surface area contributed by atoms with Gasteiger partial charge in [-0.2, -0.15) is 0 Å². The van der Waals surface area contributed by atoms with E-state index in [0.29, 0.717) is 5.92 Å². The number of hydrogen-bond donors (Lipinski definition) is 2. The number of nitrogens with two attached hydrogens (primary N) is 2. The second kappa shape index (κ2) is 4.42. The molecule has 0 aliphatic heterocycles. The third-order valence-corrected chi connectivity index (χ3v) is 2.76. The number of rotatable bonds is 3. The molecule has 1 fully saturated rings. The molecule has 1 unspecified atom stereocenters. The van der Waals surface area contributed by atoms with Crippen LogP contribution in [0.25, 0.3) is 0 Å². The molecule has 1 rings (SSSR count).